The van der Waals surface area contributed by atoms with Gasteiger partial charge in [0.15, 0.2) is 0 Å². The second-order valence-electron chi connectivity index (χ2n) is 5.89. The Labute approximate surface area is 109 Å². The van der Waals surface area contributed by atoms with Gasteiger partial charge in [-0.3, -0.25) is 0 Å². The van der Waals surface area contributed by atoms with Gasteiger partial charge in [-0.05, 0) is 44.4 Å². The number of aryl methyl sites for hydroxylation is 1. The molecule has 0 spiro atoms. The molecule has 1 fully saturated rings. The van der Waals surface area contributed by atoms with Crippen molar-refractivity contribution in [3.8, 4) is 0 Å². The average Bonchev–Trinajstić information content (AvgIpc) is 2.38. The Bertz CT molecular complexity index is 442. The Hall–Kier alpha value is -1.22. The first-order valence-electron chi connectivity index (χ1n) is 6.89. The maximum atomic E-state index is 5.59. The van der Waals surface area contributed by atoms with E-state index in [0.29, 0.717) is 0 Å². The lowest BCUT2D eigenvalue weighted by molar-refractivity contribution is 0.0644. The van der Waals surface area contributed by atoms with Crippen molar-refractivity contribution in [2.75, 3.05) is 36.5 Å². The van der Waals surface area contributed by atoms with Crippen molar-refractivity contribution >= 4 is 11.4 Å². The van der Waals surface area contributed by atoms with Crippen LogP contribution in [-0.4, -0.2) is 31.8 Å². The highest BCUT2D eigenvalue weighted by atomic mass is 16.5. The van der Waals surface area contributed by atoms with E-state index >= 15 is 0 Å². The predicted octanol–water partition coefficient (Wildman–Crippen LogP) is 2.66. The summed E-state index contributed by atoms with van der Waals surface area (Å²) in [7, 11) is 0. The number of ether oxygens (including phenoxy) is 1. The van der Waals surface area contributed by atoms with Crippen molar-refractivity contribution in [3.63, 3.8) is 0 Å². The van der Waals surface area contributed by atoms with Crippen LogP contribution in [0.25, 0.3) is 0 Å². The molecule has 3 heteroatoms. The molecule has 0 unspecified atom stereocenters. The monoisotopic (exact) mass is 246 g/mol. The van der Waals surface area contributed by atoms with Gasteiger partial charge in [0.25, 0.3) is 0 Å². The van der Waals surface area contributed by atoms with Crippen LogP contribution in [0, 0.1) is 0 Å². The summed E-state index contributed by atoms with van der Waals surface area (Å²) in [5, 5.41) is 3.51. The van der Waals surface area contributed by atoms with Crippen molar-refractivity contribution in [3.05, 3.63) is 23.8 Å². The summed E-state index contributed by atoms with van der Waals surface area (Å²) >= 11 is 0. The molecule has 2 aliphatic rings. The van der Waals surface area contributed by atoms with Gasteiger partial charge < -0.3 is 15.0 Å². The van der Waals surface area contributed by atoms with Gasteiger partial charge in [-0.2, -0.15) is 0 Å². The zero-order valence-electron chi connectivity index (χ0n) is 11.3. The third-order valence-electron chi connectivity index (χ3n) is 3.99. The van der Waals surface area contributed by atoms with E-state index in [1.807, 2.05) is 0 Å². The lowest BCUT2D eigenvalue weighted by Crippen LogP contribution is -2.53. The largest absolute Gasteiger partial charge is 0.385 e. The molecule has 1 N–H and O–H groups in total. The maximum absolute atomic E-state index is 5.59. The summed E-state index contributed by atoms with van der Waals surface area (Å²) < 4.78 is 5.59. The van der Waals surface area contributed by atoms with Crippen LogP contribution in [0.2, 0.25) is 0 Å². The molecule has 2 heterocycles. The molecule has 1 aromatic carbocycles. The molecule has 0 radical (unpaired) electrons. The number of anilines is 2. The fourth-order valence-corrected chi connectivity index (χ4v) is 2.95. The number of benzene rings is 1. The van der Waals surface area contributed by atoms with E-state index in [2.05, 4.69) is 42.3 Å². The van der Waals surface area contributed by atoms with Crippen molar-refractivity contribution in [1.29, 1.82) is 0 Å². The molecule has 1 saturated heterocycles. The Kier molecular flexibility index (Phi) is 2.94. The molecule has 0 saturated carbocycles. The molecule has 0 aromatic heterocycles. The minimum absolute atomic E-state index is 0.0845. The Morgan fingerprint density at radius 2 is 2.22 bits per heavy atom. The van der Waals surface area contributed by atoms with E-state index in [9.17, 15) is 0 Å². The Balaban J connectivity index is 1.91. The van der Waals surface area contributed by atoms with Crippen molar-refractivity contribution in [2.24, 2.45) is 0 Å². The SMILES string of the molecule is CC1(C)COCCN1c1ccc2c(c1)NCCC2. The number of nitrogens with zero attached hydrogens (tertiary/aromatic N) is 1. The highest BCUT2D eigenvalue weighted by Gasteiger charge is 2.31. The van der Waals surface area contributed by atoms with Gasteiger partial charge in [-0.25, -0.2) is 0 Å². The topological polar surface area (TPSA) is 24.5 Å². The normalized spacial score (nSPS) is 22.2. The number of nitrogens with one attached hydrogen (secondary N) is 1. The van der Waals surface area contributed by atoms with Crippen LogP contribution in [-0.2, 0) is 11.2 Å². The molecule has 3 rings (SSSR count). The van der Waals surface area contributed by atoms with Gasteiger partial charge >= 0.3 is 0 Å². The molecular weight excluding hydrogens is 224 g/mol. The summed E-state index contributed by atoms with van der Waals surface area (Å²) in [6, 6.07) is 6.85. The standard InChI is InChI=1S/C15H22N2O/c1-15(2)11-18-9-8-17(15)13-6-5-12-4-3-7-16-14(12)10-13/h5-6,10,16H,3-4,7-9,11H2,1-2H3. The molecule has 98 valence electrons. The molecule has 2 aliphatic heterocycles. The van der Waals surface area contributed by atoms with Crippen LogP contribution < -0.4 is 10.2 Å². The molecule has 0 aliphatic carbocycles. The van der Waals surface area contributed by atoms with E-state index in [4.69, 9.17) is 4.74 Å². The second-order valence-corrected chi connectivity index (χ2v) is 5.89. The second kappa shape index (κ2) is 4.47. The lowest BCUT2D eigenvalue weighted by atomic mass is 9.98. The van der Waals surface area contributed by atoms with E-state index in [1.165, 1.54) is 29.8 Å². The van der Waals surface area contributed by atoms with Gasteiger partial charge in [0.2, 0.25) is 0 Å². The zero-order valence-corrected chi connectivity index (χ0v) is 11.3. The lowest BCUT2D eigenvalue weighted by Gasteiger charge is -2.44. The number of hydrogen-bond acceptors (Lipinski definition) is 3. The van der Waals surface area contributed by atoms with E-state index in [1.54, 1.807) is 0 Å². The van der Waals surface area contributed by atoms with Crippen molar-refractivity contribution in [2.45, 2.75) is 32.2 Å². The highest BCUT2D eigenvalue weighted by Crippen LogP contribution is 2.32. The third kappa shape index (κ3) is 2.07. The van der Waals surface area contributed by atoms with Crippen molar-refractivity contribution < 1.29 is 4.74 Å². The molecule has 0 atom stereocenters. The van der Waals surface area contributed by atoms with E-state index in [0.717, 1.165) is 26.3 Å². The van der Waals surface area contributed by atoms with Gasteiger partial charge in [0.1, 0.15) is 0 Å². The highest BCUT2D eigenvalue weighted by molar-refractivity contribution is 5.64. The van der Waals surface area contributed by atoms with Crippen LogP contribution in [0.3, 0.4) is 0 Å². The summed E-state index contributed by atoms with van der Waals surface area (Å²) in [5.74, 6) is 0. The molecule has 18 heavy (non-hydrogen) atoms. The summed E-state index contributed by atoms with van der Waals surface area (Å²) in [4.78, 5) is 2.47. The number of rotatable bonds is 1. The first-order chi connectivity index (χ1) is 8.67. The third-order valence-corrected chi connectivity index (χ3v) is 3.99. The fourth-order valence-electron chi connectivity index (χ4n) is 2.95. The summed E-state index contributed by atoms with van der Waals surface area (Å²) in [6.07, 6.45) is 2.45. The number of morpholine rings is 1. The quantitative estimate of drug-likeness (QED) is 0.824. The number of fused-ring (bicyclic) bond motifs is 1. The molecule has 0 bridgehead atoms. The van der Waals surface area contributed by atoms with Crippen molar-refractivity contribution in [1.82, 2.24) is 0 Å². The average molecular weight is 246 g/mol. The zero-order chi connectivity index (χ0) is 12.6. The maximum Gasteiger partial charge on any atom is 0.0694 e. The first kappa shape index (κ1) is 11.8. The molecular formula is C15H22N2O. The summed E-state index contributed by atoms with van der Waals surface area (Å²) in [5.41, 5.74) is 4.18. The smallest absolute Gasteiger partial charge is 0.0694 e. The van der Waals surface area contributed by atoms with Gasteiger partial charge in [0.05, 0.1) is 18.8 Å². The van der Waals surface area contributed by atoms with Gasteiger partial charge in [0, 0.05) is 24.5 Å². The summed E-state index contributed by atoms with van der Waals surface area (Å²) in [6.45, 7) is 8.21. The van der Waals surface area contributed by atoms with Crippen LogP contribution >= 0.6 is 0 Å². The molecule has 3 nitrogen and oxygen atoms in total. The van der Waals surface area contributed by atoms with E-state index in [-0.39, 0.29) is 5.54 Å². The van der Waals surface area contributed by atoms with Crippen LogP contribution in [0.4, 0.5) is 11.4 Å². The molecule has 0 amide bonds. The van der Waals surface area contributed by atoms with E-state index < -0.39 is 0 Å². The minimum Gasteiger partial charge on any atom is -0.385 e. The van der Waals surface area contributed by atoms with Gasteiger partial charge in [-0.1, -0.05) is 6.07 Å². The Morgan fingerprint density at radius 1 is 1.33 bits per heavy atom. The van der Waals surface area contributed by atoms with Crippen LogP contribution in [0.5, 0.6) is 0 Å². The first-order valence-corrected chi connectivity index (χ1v) is 6.89. The van der Waals surface area contributed by atoms with Crippen LogP contribution in [0.15, 0.2) is 18.2 Å². The van der Waals surface area contributed by atoms with Crippen LogP contribution in [0.1, 0.15) is 25.8 Å². The fraction of sp³-hybridized carbons (Fsp3) is 0.600. The minimum atomic E-state index is 0.0845. The number of hydrogen-bond donors (Lipinski definition) is 1. The molecule has 1 aromatic rings. The predicted molar refractivity (Wildman–Crippen MR) is 75.5 cm³/mol. The van der Waals surface area contributed by atoms with Gasteiger partial charge in [-0.15, -0.1) is 0 Å². The Morgan fingerprint density at radius 3 is 3.06 bits per heavy atom.